The van der Waals surface area contributed by atoms with Crippen molar-refractivity contribution in [1.82, 2.24) is 19.7 Å². The van der Waals surface area contributed by atoms with E-state index in [1.165, 1.54) is 0 Å². The molecule has 9 nitrogen and oxygen atoms in total. The van der Waals surface area contributed by atoms with E-state index in [9.17, 15) is 19.5 Å². The Hall–Kier alpha value is -3.62. The predicted molar refractivity (Wildman–Crippen MR) is 98.7 cm³/mol. The predicted octanol–water partition coefficient (Wildman–Crippen LogP) is 1.24. The van der Waals surface area contributed by atoms with Crippen LogP contribution in [0.25, 0.3) is 5.69 Å². The van der Waals surface area contributed by atoms with Crippen molar-refractivity contribution in [2.24, 2.45) is 0 Å². The van der Waals surface area contributed by atoms with E-state index in [2.05, 4.69) is 10.2 Å². The Morgan fingerprint density at radius 3 is 2.57 bits per heavy atom. The summed E-state index contributed by atoms with van der Waals surface area (Å²) in [5, 5.41) is 16.0. The number of H-pyrrole nitrogens is 1. The lowest BCUT2D eigenvalue weighted by Crippen LogP contribution is -2.38. The molecule has 144 valence electrons. The maximum atomic E-state index is 12.5. The molecule has 0 atom stereocenters. The molecule has 9 heteroatoms. The summed E-state index contributed by atoms with van der Waals surface area (Å²) < 4.78 is 6.60. The summed E-state index contributed by atoms with van der Waals surface area (Å²) in [6.45, 7) is 0.869. The maximum absolute atomic E-state index is 12.5. The number of nitrogens with one attached hydrogen (secondary N) is 1. The van der Waals surface area contributed by atoms with Crippen LogP contribution in [0.15, 0.2) is 56.7 Å². The molecule has 0 bridgehead atoms. The van der Waals surface area contributed by atoms with Gasteiger partial charge in [0.2, 0.25) is 5.43 Å². The lowest BCUT2D eigenvalue weighted by atomic mass is 9.95. The molecule has 2 aromatic heterocycles. The van der Waals surface area contributed by atoms with Crippen LogP contribution in [0.4, 0.5) is 0 Å². The van der Waals surface area contributed by atoms with E-state index in [1.54, 1.807) is 9.47 Å². The van der Waals surface area contributed by atoms with Gasteiger partial charge in [-0.3, -0.25) is 9.59 Å². The molecule has 2 N–H and O–H groups in total. The first-order chi connectivity index (χ1) is 13.5. The van der Waals surface area contributed by atoms with Crippen LogP contribution in [0.5, 0.6) is 5.75 Å². The van der Waals surface area contributed by atoms with E-state index in [0.29, 0.717) is 31.8 Å². The van der Waals surface area contributed by atoms with Gasteiger partial charge in [-0.05, 0) is 25.0 Å². The van der Waals surface area contributed by atoms with Crippen LogP contribution in [-0.4, -0.2) is 43.8 Å². The number of carbonyl (C=O) groups excluding carboxylic acids is 1. The first kappa shape index (κ1) is 17.8. The molecule has 0 aliphatic carbocycles. The van der Waals surface area contributed by atoms with E-state index in [4.69, 9.17) is 4.42 Å². The summed E-state index contributed by atoms with van der Waals surface area (Å²) in [6.07, 6.45) is 2.10. The zero-order valence-corrected chi connectivity index (χ0v) is 14.9. The standard InChI is InChI=1S/C19H18N4O5/c24-14-10-16(28-11-15(14)25)18(26)22-8-6-12(7-9-22)17-20-21-19(27)23(17)13-4-2-1-3-5-13/h1-5,10-12,25H,6-9H2,(H,21,27). The number of aromatic nitrogens is 3. The molecule has 3 heterocycles. The molecule has 1 saturated heterocycles. The van der Waals surface area contributed by atoms with Gasteiger partial charge < -0.3 is 14.4 Å². The highest BCUT2D eigenvalue weighted by atomic mass is 16.4. The van der Waals surface area contributed by atoms with Crippen LogP contribution >= 0.6 is 0 Å². The van der Waals surface area contributed by atoms with Gasteiger partial charge in [-0.25, -0.2) is 14.5 Å². The third kappa shape index (κ3) is 3.22. The number of carbonyl (C=O) groups is 1. The van der Waals surface area contributed by atoms with Crippen molar-refractivity contribution >= 4 is 5.91 Å². The number of benzene rings is 1. The number of piperidine rings is 1. The molecule has 28 heavy (non-hydrogen) atoms. The highest BCUT2D eigenvalue weighted by Gasteiger charge is 2.29. The van der Waals surface area contributed by atoms with Gasteiger partial charge in [-0.2, -0.15) is 5.10 Å². The first-order valence-corrected chi connectivity index (χ1v) is 8.88. The molecule has 0 radical (unpaired) electrons. The minimum Gasteiger partial charge on any atom is -0.502 e. The largest absolute Gasteiger partial charge is 0.502 e. The van der Waals surface area contributed by atoms with Gasteiger partial charge in [0.25, 0.3) is 5.91 Å². The topological polar surface area (TPSA) is 121 Å². The lowest BCUT2D eigenvalue weighted by molar-refractivity contribution is 0.0675. The second kappa shape index (κ2) is 7.18. The van der Waals surface area contributed by atoms with Crippen molar-refractivity contribution in [3.63, 3.8) is 0 Å². The van der Waals surface area contributed by atoms with Gasteiger partial charge in [0.05, 0.1) is 5.69 Å². The number of para-hydroxylation sites is 1. The summed E-state index contributed by atoms with van der Waals surface area (Å²) in [5.41, 5.74) is -0.223. The highest BCUT2D eigenvalue weighted by molar-refractivity contribution is 5.91. The summed E-state index contributed by atoms with van der Waals surface area (Å²) in [6, 6.07) is 10.2. The van der Waals surface area contributed by atoms with Gasteiger partial charge in [0, 0.05) is 25.1 Å². The van der Waals surface area contributed by atoms with Gasteiger partial charge in [-0.1, -0.05) is 18.2 Å². The smallest absolute Gasteiger partial charge is 0.347 e. The van der Waals surface area contributed by atoms with Gasteiger partial charge in [-0.15, -0.1) is 0 Å². The summed E-state index contributed by atoms with van der Waals surface area (Å²) in [4.78, 5) is 37.9. The number of nitrogens with zero attached hydrogens (tertiary/aromatic N) is 3. The Kier molecular flexibility index (Phi) is 4.56. The third-order valence-electron chi connectivity index (χ3n) is 4.88. The van der Waals surface area contributed by atoms with Gasteiger partial charge in [0.1, 0.15) is 12.1 Å². The molecular formula is C19H18N4O5. The van der Waals surface area contributed by atoms with E-state index in [1.807, 2.05) is 30.3 Å². The zero-order chi connectivity index (χ0) is 19.7. The normalized spacial score (nSPS) is 14.9. The number of hydrogen-bond donors (Lipinski definition) is 2. The van der Waals surface area contributed by atoms with E-state index in [-0.39, 0.29) is 17.4 Å². The molecule has 3 aromatic rings. The van der Waals surface area contributed by atoms with Crippen molar-refractivity contribution in [2.75, 3.05) is 13.1 Å². The molecule has 1 amide bonds. The van der Waals surface area contributed by atoms with Crippen LogP contribution < -0.4 is 11.1 Å². The molecule has 0 saturated carbocycles. The fraction of sp³-hybridized carbons (Fsp3) is 0.263. The monoisotopic (exact) mass is 382 g/mol. The van der Waals surface area contributed by atoms with Gasteiger partial charge in [0.15, 0.2) is 11.5 Å². The Morgan fingerprint density at radius 2 is 1.89 bits per heavy atom. The molecule has 0 spiro atoms. The van der Waals surface area contributed by atoms with Crippen molar-refractivity contribution in [2.45, 2.75) is 18.8 Å². The van der Waals surface area contributed by atoms with Gasteiger partial charge >= 0.3 is 5.69 Å². The second-order valence-corrected chi connectivity index (χ2v) is 6.62. The van der Waals surface area contributed by atoms with Crippen LogP contribution in [-0.2, 0) is 0 Å². The van der Waals surface area contributed by atoms with E-state index < -0.39 is 17.1 Å². The number of amides is 1. The number of aromatic hydroxyl groups is 1. The average molecular weight is 382 g/mol. The molecule has 1 aliphatic rings. The van der Waals surface area contributed by atoms with Crippen LogP contribution in [0, 0.1) is 0 Å². The lowest BCUT2D eigenvalue weighted by Gasteiger charge is -2.31. The summed E-state index contributed by atoms with van der Waals surface area (Å²) in [5.74, 6) is -0.401. The highest BCUT2D eigenvalue weighted by Crippen LogP contribution is 2.28. The van der Waals surface area contributed by atoms with Crippen molar-refractivity contribution in [1.29, 1.82) is 0 Å². The quantitative estimate of drug-likeness (QED) is 0.703. The number of likely N-dealkylation sites (tertiary alicyclic amines) is 1. The minimum atomic E-state index is -0.659. The fourth-order valence-corrected chi connectivity index (χ4v) is 3.42. The van der Waals surface area contributed by atoms with E-state index >= 15 is 0 Å². The Morgan fingerprint density at radius 1 is 1.18 bits per heavy atom. The number of rotatable bonds is 3. The second-order valence-electron chi connectivity index (χ2n) is 6.62. The minimum absolute atomic E-state index is 0.00929. The molecule has 4 rings (SSSR count). The molecular weight excluding hydrogens is 364 g/mol. The number of aromatic amines is 1. The first-order valence-electron chi connectivity index (χ1n) is 8.88. The SMILES string of the molecule is O=C(c1cc(=O)c(O)co1)N1CCC(c2n[nH]c(=O)n2-c2ccccc2)CC1. The van der Waals surface area contributed by atoms with Crippen molar-refractivity contribution in [3.8, 4) is 11.4 Å². The van der Waals surface area contributed by atoms with E-state index in [0.717, 1.165) is 18.0 Å². The molecule has 1 fully saturated rings. The van der Waals surface area contributed by atoms with Crippen molar-refractivity contribution < 1.29 is 14.3 Å². The van der Waals surface area contributed by atoms with Crippen molar-refractivity contribution in [3.05, 3.63) is 75.0 Å². The molecule has 1 aromatic carbocycles. The molecule has 1 aliphatic heterocycles. The fourth-order valence-electron chi connectivity index (χ4n) is 3.42. The molecule has 0 unspecified atom stereocenters. The Balaban J connectivity index is 1.51. The zero-order valence-electron chi connectivity index (χ0n) is 14.9. The Labute approximate surface area is 158 Å². The summed E-state index contributed by atoms with van der Waals surface area (Å²) in [7, 11) is 0. The summed E-state index contributed by atoms with van der Waals surface area (Å²) >= 11 is 0. The average Bonchev–Trinajstić information content (AvgIpc) is 3.11. The van der Waals surface area contributed by atoms with Crippen LogP contribution in [0.1, 0.15) is 35.1 Å². The van der Waals surface area contributed by atoms with Crippen LogP contribution in [0.3, 0.4) is 0 Å². The van der Waals surface area contributed by atoms with Crippen LogP contribution in [0.2, 0.25) is 0 Å². The maximum Gasteiger partial charge on any atom is 0.347 e. The third-order valence-corrected chi connectivity index (χ3v) is 4.88. The Bertz CT molecular complexity index is 1110. The number of hydrogen-bond acceptors (Lipinski definition) is 6.